The van der Waals surface area contributed by atoms with E-state index in [0.29, 0.717) is 0 Å². The monoisotopic (exact) mass is 176 g/mol. The predicted octanol–water partition coefficient (Wildman–Crippen LogP) is 0.575. The number of esters is 1. The van der Waals surface area contributed by atoms with E-state index in [2.05, 4.69) is 20.6 Å². The number of carbonyl (C=O) groups is 1. The van der Waals surface area contributed by atoms with Crippen molar-refractivity contribution < 1.29 is 9.53 Å². The molecule has 0 atom stereocenters. The van der Waals surface area contributed by atoms with Gasteiger partial charge in [0, 0.05) is 6.20 Å². The molecular weight excluding hydrogens is 168 g/mol. The molecule has 0 aliphatic carbocycles. The number of carbonyl (C=O) groups excluding carboxylic acids is 1. The number of hydrogen-bond acceptors (Lipinski definition) is 4. The minimum Gasteiger partial charge on any atom is -0.448 e. The first-order valence-corrected chi connectivity index (χ1v) is 3.63. The normalized spacial score (nSPS) is 8.92. The van der Waals surface area contributed by atoms with Gasteiger partial charge in [-0.25, -0.2) is 9.78 Å². The zero-order chi connectivity index (χ0) is 9.68. The third-order valence-corrected chi connectivity index (χ3v) is 1.28. The maximum atomic E-state index is 11.1. The van der Waals surface area contributed by atoms with Gasteiger partial charge >= 0.3 is 5.97 Å². The Balaban J connectivity index is 2.68. The van der Waals surface area contributed by atoms with Gasteiger partial charge in [-0.15, -0.1) is 6.42 Å². The van der Waals surface area contributed by atoms with Crippen LogP contribution in [0.15, 0.2) is 12.4 Å². The summed E-state index contributed by atoms with van der Waals surface area (Å²) >= 11 is 0. The summed E-state index contributed by atoms with van der Waals surface area (Å²) in [5.41, 5.74) is 0.911. The molecule has 0 fully saturated rings. The standard InChI is InChI=1S/C9H8N2O2/c1-3-4-13-9(12)8-6-10-7(2)5-11-8/h1,5-6H,4H2,2H3. The van der Waals surface area contributed by atoms with E-state index in [1.807, 2.05) is 0 Å². The summed E-state index contributed by atoms with van der Waals surface area (Å²) in [6.07, 6.45) is 7.76. The Morgan fingerprint density at radius 3 is 2.92 bits per heavy atom. The molecule has 0 N–H and O–H groups in total. The summed E-state index contributed by atoms with van der Waals surface area (Å²) in [4.78, 5) is 18.8. The molecule has 1 aromatic heterocycles. The minimum atomic E-state index is -0.551. The molecular formula is C9H8N2O2. The molecule has 0 aliphatic heterocycles. The first kappa shape index (κ1) is 9.20. The molecule has 1 rings (SSSR count). The van der Waals surface area contributed by atoms with Crippen LogP contribution in [0.4, 0.5) is 0 Å². The Kier molecular flexibility index (Phi) is 2.98. The van der Waals surface area contributed by atoms with Crippen molar-refractivity contribution in [3.8, 4) is 12.3 Å². The number of rotatable bonds is 2. The van der Waals surface area contributed by atoms with E-state index in [-0.39, 0.29) is 12.3 Å². The van der Waals surface area contributed by atoms with Crippen molar-refractivity contribution in [3.05, 3.63) is 23.8 Å². The average Bonchev–Trinajstić information content (AvgIpc) is 2.15. The summed E-state index contributed by atoms with van der Waals surface area (Å²) in [7, 11) is 0. The summed E-state index contributed by atoms with van der Waals surface area (Å²) in [6, 6.07) is 0. The highest BCUT2D eigenvalue weighted by Crippen LogP contribution is 1.96. The zero-order valence-electron chi connectivity index (χ0n) is 7.15. The van der Waals surface area contributed by atoms with Crippen LogP contribution in [0.1, 0.15) is 16.2 Å². The lowest BCUT2D eigenvalue weighted by Gasteiger charge is -1.98. The second-order valence-electron chi connectivity index (χ2n) is 2.32. The fraction of sp³-hybridized carbons (Fsp3) is 0.222. The predicted molar refractivity (Wildman–Crippen MR) is 45.9 cm³/mol. The van der Waals surface area contributed by atoms with Crippen molar-refractivity contribution in [3.63, 3.8) is 0 Å². The second kappa shape index (κ2) is 4.21. The van der Waals surface area contributed by atoms with Crippen molar-refractivity contribution in [2.24, 2.45) is 0 Å². The maximum Gasteiger partial charge on any atom is 0.359 e. The summed E-state index contributed by atoms with van der Waals surface area (Å²) in [5, 5.41) is 0. The van der Waals surface area contributed by atoms with Gasteiger partial charge in [0.25, 0.3) is 0 Å². The highest BCUT2D eigenvalue weighted by atomic mass is 16.5. The molecule has 1 aromatic rings. The van der Waals surface area contributed by atoms with Crippen molar-refractivity contribution >= 4 is 5.97 Å². The van der Waals surface area contributed by atoms with Crippen LogP contribution < -0.4 is 0 Å². The van der Waals surface area contributed by atoms with Crippen molar-refractivity contribution in [1.82, 2.24) is 9.97 Å². The van der Waals surface area contributed by atoms with E-state index in [1.165, 1.54) is 12.4 Å². The average molecular weight is 176 g/mol. The van der Waals surface area contributed by atoms with Crippen LogP contribution in [0.3, 0.4) is 0 Å². The van der Waals surface area contributed by atoms with E-state index >= 15 is 0 Å². The SMILES string of the molecule is C#CCOC(=O)c1cnc(C)cn1. The molecule has 4 heteroatoms. The van der Waals surface area contributed by atoms with Gasteiger partial charge in [0.05, 0.1) is 11.9 Å². The largest absolute Gasteiger partial charge is 0.448 e. The number of terminal acetylenes is 1. The van der Waals surface area contributed by atoms with Crippen LogP contribution in [0.5, 0.6) is 0 Å². The van der Waals surface area contributed by atoms with Crippen molar-refractivity contribution in [1.29, 1.82) is 0 Å². The lowest BCUT2D eigenvalue weighted by atomic mass is 10.4. The molecule has 0 unspecified atom stereocenters. The van der Waals surface area contributed by atoms with Gasteiger partial charge in [-0.3, -0.25) is 4.98 Å². The van der Waals surface area contributed by atoms with Gasteiger partial charge in [0.1, 0.15) is 0 Å². The van der Waals surface area contributed by atoms with Crippen LogP contribution in [0, 0.1) is 19.3 Å². The van der Waals surface area contributed by atoms with E-state index < -0.39 is 5.97 Å². The second-order valence-corrected chi connectivity index (χ2v) is 2.32. The smallest absolute Gasteiger partial charge is 0.359 e. The maximum absolute atomic E-state index is 11.1. The first-order chi connectivity index (χ1) is 6.24. The van der Waals surface area contributed by atoms with Gasteiger partial charge in [-0.05, 0) is 6.92 Å². The Morgan fingerprint density at radius 2 is 2.38 bits per heavy atom. The molecule has 0 radical (unpaired) electrons. The van der Waals surface area contributed by atoms with Crippen LogP contribution in [0.2, 0.25) is 0 Å². The van der Waals surface area contributed by atoms with Gasteiger partial charge < -0.3 is 4.74 Å². The number of ether oxygens (including phenoxy) is 1. The lowest BCUT2D eigenvalue weighted by Crippen LogP contribution is -2.08. The fourth-order valence-corrected chi connectivity index (χ4v) is 0.679. The number of aryl methyl sites for hydroxylation is 1. The van der Waals surface area contributed by atoms with E-state index in [9.17, 15) is 4.79 Å². The quantitative estimate of drug-likeness (QED) is 0.488. The molecule has 0 aliphatic rings. The van der Waals surface area contributed by atoms with Crippen LogP contribution in [0.25, 0.3) is 0 Å². The molecule has 0 aromatic carbocycles. The molecule has 0 saturated heterocycles. The summed E-state index contributed by atoms with van der Waals surface area (Å²) in [6.45, 7) is 1.73. The van der Waals surface area contributed by atoms with Crippen LogP contribution >= 0.6 is 0 Å². The third-order valence-electron chi connectivity index (χ3n) is 1.28. The number of hydrogen-bond donors (Lipinski definition) is 0. The van der Waals surface area contributed by atoms with Gasteiger partial charge in [0.15, 0.2) is 12.3 Å². The molecule has 13 heavy (non-hydrogen) atoms. The fourth-order valence-electron chi connectivity index (χ4n) is 0.679. The van der Waals surface area contributed by atoms with Crippen molar-refractivity contribution in [2.45, 2.75) is 6.92 Å². The molecule has 1 heterocycles. The molecule has 0 bridgehead atoms. The van der Waals surface area contributed by atoms with Gasteiger partial charge in [-0.1, -0.05) is 5.92 Å². The third kappa shape index (κ3) is 2.56. The Morgan fingerprint density at radius 1 is 1.62 bits per heavy atom. The van der Waals surface area contributed by atoms with Crippen molar-refractivity contribution in [2.75, 3.05) is 6.61 Å². The number of aromatic nitrogens is 2. The Bertz CT molecular complexity index is 338. The molecule has 0 saturated carbocycles. The lowest BCUT2D eigenvalue weighted by molar-refractivity contribution is 0.0549. The highest BCUT2D eigenvalue weighted by Gasteiger charge is 2.07. The van der Waals surface area contributed by atoms with Gasteiger partial charge in [0.2, 0.25) is 0 Å². The van der Waals surface area contributed by atoms with E-state index in [4.69, 9.17) is 6.42 Å². The Hall–Kier alpha value is -1.89. The molecule has 0 spiro atoms. The topological polar surface area (TPSA) is 52.1 Å². The highest BCUT2D eigenvalue weighted by molar-refractivity contribution is 5.86. The number of nitrogens with zero attached hydrogens (tertiary/aromatic N) is 2. The van der Waals surface area contributed by atoms with E-state index in [0.717, 1.165) is 5.69 Å². The Labute approximate surface area is 76.0 Å². The van der Waals surface area contributed by atoms with E-state index in [1.54, 1.807) is 6.92 Å². The van der Waals surface area contributed by atoms with Crippen LogP contribution in [-0.2, 0) is 4.74 Å². The molecule has 4 nitrogen and oxygen atoms in total. The van der Waals surface area contributed by atoms with Gasteiger partial charge in [-0.2, -0.15) is 0 Å². The summed E-state index contributed by atoms with van der Waals surface area (Å²) < 4.78 is 4.64. The first-order valence-electron chi connectivity index (χ1n) is 3.63. The summed E-state index contributed by atoms with van der Waals surface area (Å²) in [5.74, 6) is 1.64. The van der Waals surface area contributed by atoms with Crippen LogP contribution in [-0.4, -0.2) is 22.5 Å². The zero-order valence-corrected chi connectivity index (χ0v) is 7.15. The minimum absolute atomic E-state index is 0.0472. The molecule has 66 valence electrons. The molecule has 0 amide bonds.